The number of rotatable bonds is 3. The van der Waals surface area contributed by atoms with Gasteiger partial charge in [0.25, 0.3) is 0 Å². The third-order valence-corrected chi connectivity index (χ3v) is 4.73. The topological polar surface area (TPSA) is 60.8 Å². The molecule has 22 heavy (non-hydrogen) atoms. The number of amides is 1. The van der Waals surface area contributed by atoms with E-state index in [0.717, 1.165) is 43.6 Å². The molecule has 0 aliphatic carbocycles. The van der Waals surface area contributed by atoms with Crippen molar-refractivity contribution in [2.45, 2.75) is 26.8 Å². The molecule has 1 aliphatic rings. The van der Waals surface area contributed by atoms with E-state index in [4.69, 9.17) is 0 Å². The van der Waals surface area contributed by atoms with Crippen LogP contribution in [0.5, 0.6) is 0 Å². The van der Waals surface area contributed by atoms with E-state index in [9.17, 15) is 4.79 Å². The minimum Gasteiger partial charge on any atom is -0.350 e. The molecule has 0 atom stereocenters. The molecule has 1 amide bonds. The van der Waals surface area contributed by atoms with Crippen LogP contribution in [0.1, 0.15) is 23.7 Å². The Balaban J connectivity index is 0.00000242. The van der Waals surface area contributed by atoms with E-state index < -0.39 is 0 Å². The lowest BCUT2D eigenvalue weighted by Crippen LogP contribution is -2.53. The predicted molar refractivity (Wildman–Crippen MR) is 101 cm³/mol. The zero-order valence-electron chi connectivity index (χ0n) is 13.3. The van der Waals surface area contributed by atoms with Crippen molar-refractivity contribution in [3.05, 3.63) is 16.1 Å². The number of nitrogens with one attached hydrogen (secondary N) is 1. The summed E-state index contributed by atoms with van der Waals surface area (Å²) >= 11 is 1.74. The molecule has 6 nitrogen and oxygen atoms in total. The summed E-state index contributed by atoms with van der Waals surface area (Å²) in [4.78, 5) is 25.4. The smallest absolute Gasteiger partial charge is 0.219 e. The van der Waals surface area contributed by atoms with Crippen molar-refractivity contribution in [1.82, 2.24) is 20.1 Å². The maximum atomic E-state index is 11.3. The van der Waals surface area contributed by atoms with Crippen LogP contribution in [0.2, 0.25) is 0 Å². The summed E-state index contributed by atoms with van der Waals surface area (Å²) in [6.07, 6.45) is 2.97. The molecular weight excluding hydrogens is 413 g/mol. The molecule has 0 unspecified atom stereocenters. The van der Waals surface area contributed by atoms with Crippen LogP contribution in [-0.4, -0.2) is 59.9 Å². The van der Waals surface area contributed by atoms with Crippen LogP contribution in [-0.2, 0) is 17.8 Å². The SMILES string of the molecule is CCc1cnc(CNC(=NC)N2CCN(C(C)=O)CC2)s1.I. The van der Waals surface area contributed by atoms with Crippen molar-refractivity contribution in [2.75, 3.05) is 33.2 Å². The molecule has 1 aliphatic heterocycles. The fourth-order valence-corrected chi connectivity index (χ4v) is 3.12. The van der Waals surface area contributed by atoms with E-state index >= 15 is 0 Å². The molecule has 124 valence electrons. The summed E-state index contributed by atoms with van der Waals surface area (Å²) in [6.45, 7) is 7.61. The normalized spacial score (nSPS) is 15.5. The highest BCUT2D eigenvalue weighted by Gasteiger charge is 2.20. The van der Waals surface area contributed by atoms with Crippen molar-refractivity contribution in [3.63, 3.8) is 0 Å². The molecule has 1 aromatic heterocycles. The predicted octanol–water partition coefficient (Wildman–Crippen LogP) is 1.56. The van der Waals surface area contributed by atoms with Gasteiger partial charge in [-0.15, -0.1) is 35.3 Å². The van der Waals surface area contributed by atoms with Gasteiger partial charge in [0, 0.05) is 51.2 Å². The summed E-state index contributed by atoms with van der Waals surface area (Å²) in [6, 6.07) is 0. The second-order valence-corrected chi connectivity index (χ2v) is 6.17. The summed E-state index contributed by atoms with van der Waals surface area (Å²) in [5, 5.41) is 4.44. The summed E-state index contributed by atoms with van der Waals surface area (Å²) in [5.74, 6) is 1.03. The van der Waals surface area contributed by atoms with Crippen LogP contribution in [0.15, 0.2) is 11.2 Å². The monoisotopic (exact) mass is 437 g/mol. The van der Waals surface area contributed by atoms with Crippen LogP contribution in [0.3, 0.4) is 0 Å². The van der Waals surface area contributed by atoms with E-state index in [1.807, 2.05) is 11.1 Å². The average molecular weight is 437 g/mol. The second kappa shape index (κ2) is 9.29. The Kier molecular flexibility index (Phi) is 8.08. The van der Waals surface area contributed by atoms with Gasteiger partial charge < -0.3 is 15.1 Å². The number of hydrogen-bond acceptors (Lipinski definition) is 4. The van der Waals surface area contributed by atoms with Crippen LogP contribution in [0.25, 0.3) is 0 Å². The number of carbonyl (C=O) groups is 1. The first-order chi connectivity index (χ1) is 10.1. The molecule has 2 heterocycles. The standard InChI is InChI=1S/C14H23N5OS.HI/c1-4-12-9-16-13(21-12)10-17-14(15-3)19-7-5-18(6-8-19)11(2)20;/h9H,4-8,10H2,1-3H3,(H,15,17);1H. The number of aromatic nitrogens is 1. The Morgan fingerprint density at radius 1 is 1.36 bits per heavy atom. The number of thiazole rings is 1. The van der Waals surface area contributed by atoms with Gasteiger partial charge in [0.05, 0.1) is 6.54 Å². The molecule has 8 heteroatoms. The van der Waals surface area contributed by atoms with Gasteiger partial charge in [0.15, 0.2) is 5.96 Å². The van der Waals surface area contributed by atoms with Crippen LogP contribution in [0.4, 0.5) is 0 Å². The van der Waals surface area contributed by atoms with Gasteiger partial charge in [-0.1, -0.05) is 6.92 Å². The van der Waals surface area contributed by atoms with E-state index in [1.54, 1.807) is 25.3 Å². The first-order valence-electron chi connectivity index (χ1n) is 7.28. The van der Waals surface area contributed by atoms with Gasteiger partial charge in [0.2, 0.25) is 5.91 Å². The van der Waals surface area contributed by atoms with Gasteiger partial charge >= 0.3 is 0 Å². The average Bonchev–Trinajstić information content (AvgIpc) is 2.96. The molecule has 0 saturated carbocycles. The van der Waals surface area contributed by atoms with Gasteiger partial charge in [-0.05, 0) is 6.42 Å². The number of aliphatic imine (C=N–C) groups is 1. The van der Waals surface area contributed by atoms with Crippen molar-refractivity contribution in [2.24, 2.45) is 4.99 Å². The van der Waals surface area contributed by atoms with Crippen molar-refractivity contribution in [3.8, 4) is 0 Å². The van der Waals surface area contributed by atoms with E-state index in [0.29, 0.717) is 6.54 Å². The van der Waals surface area contributed by atoms with Gasteiger partial charge in [-0.25, -0.2) is 4.98 Å². The number of carbonyl (C=O) groups excluding carboxylic acids is 1. The van der Waals surface area contributed by atoms with Gasteiger partial charge in [0.1, 0.15) is 5.01 Å². The largest absolute Gasteiger partial charge is 0.350 e. The molecule has 1 N–H and O–H groups in total. The highest BCUT2D eigenvalue weighted by molar-refractivity contribution is 14.0. The fourth-order valence-electron chi connectivity index (χ4n) is 2.31. The van der Waals surface area contributed by atoms with Gasteiger partial charge in [-0.2, -0.15) is 0 Å². The second-order valence-electron chi connectivity index (χ2n) is 4.97. The Labute approximate surface area is 153 Å². The number of hydrogen-bond donors (Lipinski definition) is 1. The quantitative estimate of drug-likeness (QED) is 0.443. The number of halogens is 1. The highest BCUT2D eigenvalue weighted by Crippen LogP contribution is 2.13. The van der Waals surface area contributed by atoms with Crippen molar-refractivity contribution >= 4 is 47.2 Å². The molecule has 2 rings (SSSR count). The molecule has 1 fully saturated rings. The maximum absolute atomic E-state index is 11.3. The molecule has 0 radical (unpaired) electrons. The maximum Gasteiger partial charge on any atom is 0.219 e. The zero-order chi connectivity index (χ0) is 15.2. The third kappa shape index (κ3) is 5.08. The van der Waals surface area contributed by atoms with Crippen LogP contribution >= 0.6 is 35.3 Å². The van der Waals surface area contributed by atoms with Crippen molar-refractivity contribution < 1.29 is 4.79 Å². The van der Waals surface area contributed by atoms with E-state index in [-0.39, 0.29) is 29.9 Å². The Bertz CT molecular complexity index is 511. The zero-order valence-corrected chi connectivity index (χ0v) is 16.5. The lowest BCUT2D eigenvalue weighted by molar-refractivity contribution is -0.130. The van der Waals surface area contributed by atoms with E-state index in [2.05, 4.69) is 27.1 Å². The minimum atomic E-state index is 0. The number of aryl methyl sites for hydroxylation is 1. The lowest BCUT2D eigenvalue weighted by Gasteiger charge is -2.36. The Morgan fingerprint density at radius 2 is 2.00 bits per heavy atom. The lowest BCUT2D eigenvalue weighted by atomic mass is 10.3. The molecule has 0 bridgehead atoms. The van der Waals surface area contributed by atoms with E-state index in [1.165, 1.54) is 4.88 Å². The number of piperazine rings is 1. The molecule has 1 aromatic rings. The van der Waals surface area contributed by atoms with Crippen LogP contribution in [0, 0.1) is 0 Å². The first-order valence-corrected chi connectivity index (χ1v) is 8.10. The summed E-state index contributed by atoms with van der Waals surface area (Å²) in [7, 11) is 1.79. The molecule has 0 spiro atoms. The Hall–Kier alpha value is -0.900. The van der Waals surface area contributed by atoms with Crippen molar-refractivity contribution in [1.29, 1.82) is 0 Å². The van der Waals surface area contributed by atoms with Crippen LogP contribution < -0.4 is 5.32 Å². The molecular formula is C14H24IN5OS. The molecule has 0 aromatic carbocycles. The summed E-state index contributed by atoms with van der Waals surface area (Å²) < 4.78 is 0. The highest BCUT2D eigenvalue weighted by atomic mass is 127. The summed E-state index contributed by atoms with van der Waals surface area (Å²) in [5.41, 5.74) is 0. The fraction of sp³-hybridized carbons (Fsp3) is 0.643. The number of guanidine groups is 1. The third-order valence-electron chi connectivity index (χ3n) is 3.58. The Morgan fingerprint density at radius 3 is 2.50 bits per heavy atom. The molecule has 1 saturated heterocycles. The minimum absolute atomic E-state index is 0. The van der Waals surface area contributed by atoms with Gasteiger partial charge in [-0.3, -0.25) is 9.79 Å². The first kappa shape index (κ1) is 19.1. The number of nitrogens with zero attached hydrogens (tertiary/aromatic N) is 4.